The second-order valence-electron chi connectivity index (χ2n) is 8.33. The van der Waals surface area contributed by atoms with E-state index in [2.05, 4.69) is 50.1 Å². The number of nitrogens with zero attached hydrogens (tertiary/aromatic N) is 1. The minimum atomic E-state index is -0.113. The van der Waals surface area contributed by atoms with Crippen molar-refractivity contribution < 1.29 is 14.3 Å². The van der Waals surface area contributed by atoms with Crippen LogP contribution in [-0.4, -0.2) is 45.5 Å². The van der Waals surface area contributed by atoms with E-state index in [1.807, 2.05) is 18.2 Å². The molecule has 2 unspecified atom stereocenters. The van der Waals surface area contributed by atoms with E-state index in [4.69, 9.17) is 9.47 Å². The van der Waals surface area contributed by atoms with Crippen LogP contribution >= 0.6 is 0 Å². The van der Waals surface area contributed by atoms with Gasteiger partial charge in [-0.3, -0.25) is 0 Å². The second kappa shape index (κ2) is 11.2. The van der Waals surface area contributed by atoms with Gasteiger partial charge in [-0.1, -0.05) is 38.1 Å². The fourth-order valence-electron chi connectivity index (χ4n) is 4.65. The number of aldehydes is 1. The minimum Gasteiger partial charge on any atom is -0.500 e. The highest BCUT2D eigenvalue weighted by Gasteiger charge is 2.45. The summed E-state index contributed by atoms with van der Waals surface area (Å²) in [7, 11) is 5.64. The van der Waals surface area contributed by atoms with Gasteiger partial charge in [-0.25, -0.2) is 0 Å². The van der Waals surface area contributed by atoms with Gasteiger partial charge in [0.05, 0.1) is 14.2 Å². The number of allylic oxidation sites excluding steroid dienone is 4. The van der Waals surface area contributed by atoms with Crippen LogP contribution in [0.4, 0.5) is 0 Å². The van der Waals surface area contributed by atoms with Crippen LogP contribution in [0.25, 0.3) is 0 Å². The maximum absolute atomic E-state index is 11.3. The van der Waals surface area contributed by atoms with Crippen LogP contribution in [0.3, 0.4) is 0 Å². The normalized spacial score (nSPS) is 21.3. The van der Waals surface area contributed by atoms with E-state index in [-0.39, 0.29) is 11.3 Å². The highest BCUT2D eigenvalue weighted by Crippen LogP contribution is 2.50. The van der Waals surface area contributed by atoms with Crippen molar-refractivity contribution in [2.45, 2.75) is 39.5 Å². The number of carbonyl (C=O) groups is 1. The predicted octanol–water partition coefficient (Wildman–Crippen LogP) is 4.90. The number of ether oxygens (including phenoxy) is 2. The first kappa shape index (κ1) is 23.2. The zero-order valence-electron chi connectivity index (χ0n) is 18.7. The van der Waals surface area contributed by atoms with Crippen LogP contribution in [0.2, 0.25) is 0 Å². The third-order valence-electron chi connectivity index (χ3n) is 6.36. The van der Waals surface area contributed by atoms with Crippen LogP contribution in [-0.2, 0) is 16.0 Å². The molecule has 0 spiro atoms. The van der Waals surface area contributed by atoms with Gasteiger partial charge in [-0.05, 0) is 68.5 Å². The lowest BCUT2D eigenvalue weighted by molar-refractivity contribution is -0.109. The standard InChI is InChI=1S/C25H37NO3/c1-20(2)25(22(14-18-27)10-7-12-24(25)29-5)15-8-16-26(3)17-13-21-9-6-11-23(19-21)28-4/h6-7,9-12,18-20,22H,8,13-17H2,1-5H3. The SMILES string of the molecule is COC1=CC=CC(CC=O)C1(CCCN(C)CCc1cccc(OC)c1)C(C)C. The summed E-state index contributed by atoms with van der Waals surface area (Å²) < 4.78 is 11.1. The molecule has 0 N–H and O–H groups in total. The maximum Gasteiger partial charge on any atom is 0.120 e. The highest BCUT2D eigenvalue weighted by atomic mass is 16.5. The van der Waals surface area contributed by atoms with Crippen molar-refractivity contribution in [1.82, 2.24) is 4.90 Å². The van der Waals surface area contributed by atoms with Crippen molar-refractivity contribution >= 4 is 6.29 Å². The molecule has 1 aliphatic carbocycles. The van der Waals surface area contributed by atoms with Crippen LogP contribution < -0.4 is 4.74 Å². The maximum atomic E-state index is 11.3. The van der Waals surface area contributed by atoms with Crippen molar-refractivity contribution in [3.8, 4) is 5.75 Å². The molecule has 1 aromatic carbocycles. The molecule has 1 aromatic rings. The zero-order valence-corrected chi connectivity index (χ0v) is 18.7. The third kappa shape index (κ3) is 5.72. The third-order valence-corrected chi connectivity index (χ3v) is 6.36. The Bertz CT molecular complexity index is 710. The summed E-state index contributed by atoms with van der Waals surface area (Å²) in [4.78, 5) is 13.7. The fraction of sp³-hybridized carbons (Fsp3) is 0.560. The van der Waals surface area contributed by atoms with Gasteiger partial charge < -0.3 is 19.2 Å². The smallest absolute Gasteiger partial charge is 0.120 e. The van der Waals surface area contributed by atoms with E-state index >= 15 is 0 Å². The molecule has 1 aliphatic rings. The molecule has 29 heavy (non-hydrogen) atoms. The molecule has 2 atom stereocenters. The summed E-state index contributed by atoms with van der Waals surface area (Å²) in [6.45, 7) is 6.52. The van der Waals surface area contributed by atoms with Gasteiger partial charge in [0.1, 0.15) is 17.8 Å². The molecule has 4 nitrogen and oxygen atoms in total. The first-order valence-corrected chi connectivity index (χ1v) is 10.7. The molecule has 0 saturated heterocycles. The first-order chi connectivity index (χ1) is 14.0. The lowest BCUT2D eigenvalue weighted by Gasteiger charge is -2.45. The molecule has 0 aromatic heterocycles. The average Bonchev–Trinajstić information content (AvgIpc) is 2.73. The van der Waals surface area contributed by atoms with Crippen molar-refractivity contribution in [3.05, 3.63) is 53.8 Å². The summed E-state index contributed by atoms with van der Waals surface area (Å²) in [5.41, 5.74) is 1.18. The van der Waals surface area contributed by atoms with E-state index in [1.165, 1.54) is 5.56 Å². The predicted molar refractivity (Wildman–Crippen MR) is 119 cm³/mol. The molecule has 0 heterocycles. The summed E-state index contributed by atoms with van der Waals surface area (Å²) in [5, 5.41) is 0. The van der Waals surface area contributed by atoms with E-state index in [9.17, 15) is 4.79 Å². The number of hydrogen-bond acceptors (Lipinski definition) is 4. The molecule has 0 amide bonds. The Hall–Kier alpha value is -2.07. The number of carbonyl (C=O) groups excluding carboxylic acids is 1. The van der Waals surface area contributed by atoms with Crippen LogP contribution in [0.1, 0.15) is 38.7 Å². The monoisotopic (exact) mass is 399 g/mol. The Balaban J connectivity index is 1.96. The van der Waals surface area contributed by atoms with Gasteiger partial charge in [0.2, 0.25) is 0 Å². The fourth-order valence-corrected chi connectivity index (χ4v) is 4.65. The molecule has 2 rings (SSSR count). The highest BCUT2D eigenvalue weighted by molar-refractivity contribution is 5.51. The van der Waals surface area contributed by atoms with Crippen LogP contribution in [0.15, 0.2) is 48.3 Å². The Kier molecular flexibility index (Phi) is 8.97. The molecule has 0 radical (unpaired) electrons. The Morgan fingerprint density at radius 1 is 1.21 bits per heavy atom. The van der Waals surface area contributed by atoms with Gasteiger partial charge in [0.15, 0.2) is 0 Å². The van der Waals surface area contributed by atoms with Crippen molar-refractivity contribution in [1.29, 1.82) is 0 Å². The minimum absolute atomic E-state index is 0.113. The molecule has 0 aliphatic heterocycles. The van der Waals surface area contributed by atoms with Crippen LogP contribution in [0.5, 0.6) is 5.75 Å². The van der Waals surface area contributed by atoms with E-state index in [1.54, 1.807) is 14.2 Å². The van der Waals surface area contributed by atoms with Gasteiger partial charge in [-0.2, -0.15) is 0 Å². The molecular formula is C25H37NO3. The molecule has 0 bridgehead atoms. The zero-order chi connectivity index (χ0) is 21.3. The summed E-state index contributed by atoms with van der Waals surface area (Å²) in [6, 6.07) is 8.28. The average molecular weight is 400 g/mol. The van der Waals surface area contributed by atoms with Crippen molar-refractivity contribution in [2.75, 3.05) is 34.4 Å². The lowest BCUT2D eigenvalue weighted by atomic mass is 9.61. The van der Waals surface area contributed by atoms with Gasteiger partial charge in [-0.15, -0.1) is 0 Å². The molecule has 0 fully saturated rings. The topological polar surface area (TPSA) is 38.8 Å². The van der Waals surface area contributed by atoms with E-state index in [0.29, 0.717) is 12.3 Å². The molecule has 160 valence electrons. The quantitative estimate of drug-likeness (QED) is 0.469. The van der Waals surface area contributed by atoms with Gasteiger partial charge in [0, 0.05) is 18.4 Å². The number of benzene rings is 1. The number of hydrogen-bond donors (Lipinski definition) is 0. The number of methoxy groups -OCH3 is 2. The summed E-state index contributed by atoms with van der Waals surface area (Å²) >= 11 is 0. The lowest BCUT2D eigenvalue weighted by Crippen LogP contribution is -2.40. The Morgan fingerprint density at radius 2 is 2.00 bits per heavy atom. The Morgan fingerprint density at radius 3 is 2.66 bits per heavy atom. The van der Waals surface area contributed by atoms with Crippen molar-refractivity contribution in [3.63, 3.8) is 0 Å². The second-order valence-corrected chi connectivity index (χ2v) is 8.33. The molecular weight excluding hydrogens is 362 g/mol. The van der Waals surface area contributed by atoms with E-state index < -0.39 is 0 Å². The Labute approximate surface area is 176 Å². The van der Waals surface area contributed by atoms with Crippen molar-refractivity contribution in [2.24, 2.45) is 17.3 Å². The van der Waals surface area contributed by atoms with Crippen LogP contribution in [0, 0.1) is 17.3 Å². The number of likely N-dealkylation sites (N-methyl/N-ethyl adjacent to an activating group) is 1. The molecule has 4 heteroatoms. The van der Waals surface area contributed by atoms with Gasteiger partial charge in [0.25, 0.3) is 0 Å². The number of rotatable bonds is 12. The summed E-state index contributed by atoms with van der Waals surface area (Å²) in [5.74, 6) is 2.52. The van der Waals surface area contributed by atoms with E-state index in [0.717, 1.165) is 50.1 Å². The summed E-state index contributed by atoms with van der Waals surface area (Å²) in [6.07, 6.45) is 11.0. The molecule has 0 saturated carbocycles. The largest absolute Gasteiger partial charge is 0.500 e. The van der Waals surface area contributed by atoms with Gasteiger partial charge >= 0.3 is 0 Å². The first-order valence-electron chi connectivity index (χ1n) is 10.7.